The predicted molar refractivity (Wildman–Crippen MR) is 90.4 cm³/mol. The Morgan fingerprint density at radius 1 is 1.27 bits per heavy atom. The molecule has 142 valence electrons. The van der Waals surface area contributed by atoms with Crippen molar-refractivity contribution >= 4 is 18.0 Å². The fourth-order valence-corrected chi connectivity index (χ4v) is 3.51. The van der Waals surface area contributed by atoms with Gasteiger partial charge in [0.05, 0.1) is 13.0 Å². The summed E-state index contributed by atoms with van der Waals surface area (Å²) in [5, 5.41) is 12.9. The summed E-state index contributed by atoms with van der Waals surface area (Å²) in [5.41, 5.74) is 0.431. The maximum Gasteiger partial charge on any atom is 0.410 e. The Hall–Kier alpha value is -2.58. The average molecular weight is 364 g/mol. The first kappa shape index (κ1) is 18.2. The molecule has 0 bridgehead atoms. The highest BCUT2D eigenvalue weighted by atomic mass is 16.6. The van der Waals surface area contributed by atoms with Gasteiger partial charge in [-0.2, -0.15) is 5.10 Å². The predicted octanol–water partition coefficient (Wildman–Crippen LogP) is 0.870. The minimum absolute atomic E-state index is 0.0711. The van der Waals surface area contributed by atoms with Crippen molar-refractivity contribution in [2.75, 3.05) is 26.2 Å². The molecule has 2 aliphatic heterocycles. The molecular formula is C17H24N4O5. The first-order valence-electron chi connectivity index (χ1n) is 8.84. The van der Waals surface area contributed by atoms with Crippen LogP contribution in [0.2, 0.25) is 0 Å². The topological polar surface area (TPSA) is 105 Å². The van der Waals surface area contributed by atoms with Crippen LogP contribution in [0, 0.1) is 6.92 Å². The van der Waals surface area contributed by atoms with E-state index >= 15 is 0 Å². The van der Waals surface area contributed by atoms with Crippen LogP contribution in [-0.4, -0.2) is 74.4 Å². The molecule has 0 radical (unpaired) electrons. The van der Waals surface area contributed by atoms with E-state index in [9.17, 15) is 14.4 Å². The van der Waals surface area contributed by atoms with Crippen molar-refractivity contribution in [1.82, 2.24) is 19.6 Å². The van der Waals surface area contributed by atoms with Crippen LogP contribution in [0.1, 0.15) is 31.4 Å². The van der Waals surface area contributed by atoms with Gasteiger partial charge in [0.1, 0.15) is 5.60 Å². The summed E-state index contributed by atoms with van der Waals surface area (Å²) in [6.45, 7) is 4.13. The van der Waals surface area contributed by atoms with Crippen molar-refractivity contribution in [2.24, 2.45) is 0 Å². The third-order valence-electron chi connectivity index (χ3n) is 5.13. The molecule has 1 spiro atoms. The highest BCUT2D eigenvalue weighted by Gasteiger charge is 2.47. The van der Waals surface area contributed by atoms with E-state index < -0.39 is 17.7 Å². The second-order valence-electron chi connectivity index (χ2n) is 6.94. The van der Waals surface area contributed by atoms with Crippen molar-refractivity contribution in [3.8, 4) is 0 Å². The van der Waals surface area contributed by atoms with Gasteiger partial charge >= 0.3 is 12.1 Å². The van der Waals surface area contributed by atoms with Crippen LogP contribution >= 0.6 is 0 Å². The largest absolute Gasteiger partial charge is 0.481 e. The molecule has 1 aromatic rings. The number of aryl methyl sites for hydroxylation is 2. The van der Waals surface area contributed by atoms with Gasteiger partial charge in [-0.15, -0.1) is 0 Å². The molecule has 2 aliphatic rings. The molecule has 3 heterocycles. The third kappa shape index (κ3) is 3.97. The number of hydrogen-bond donors (Lipinski definition) is 1. The van der Waals surface area contributed by atoms with E-state index in [1.54, 1.807) is 11.1 Å². The highest BCUT2D eigenvalue weighted by Crippen LogP contribution is 2.33. The number of carbonyl (C=O) groups excluding carboxylic acids is 2. The molecule has 0 saturated carbocycles. The van der Waals surface area contributed by atoms with Crippen LogP contribution in [0.15, 0.2) is 12.3 Å². The van der Waals surface area contributed by atoms with Gasteiger partial charge in [-0.1, -0.05) is 0 Å². The van der Waals surface area contributed by atoms with Crippen molar-refractivity contribution in [3.05, 3.63) is 18.0 Å². The first-order chi connectivity index (χ1) is 12.4. The Kier molecular flexibility index (Phi) is 5.15. The molecule has 0 aliphatic carbocycles. The van der Waals surface area contributed by atoms with Crippen LogP contribution < -0.4 is 0 Å². The second-order valence-corrected chi connectivity index (χ2v) is 6.94. The first-order valence-corrected chi connectivity index (χ1v) is 8.84. The second kappa shape index (κ2) is 7.35. The van der Waals surface area contributed by atoms with Crippen molar-refractivity contribution < 1.29 is 24.2 Å². The zero-order valence-electron chi connectivity index (χ0n) is 14.9. The van der Waals surface area contributed by atoms with Gasteiger partial charge in [-0.3, -0.25) is 14.3 Å². The summed E-state index contributed by atoms with van der Waals surface area (Å²) >= 11 is 0. The summed E-state index contributed by atoms with van der Waals surface area (Å²) < 4.78 is 7.35. The number of ether oxygens (including phenoxy) is 1. The number of carboxylic acids is 1. The van der Waals surface area contributed by atoms with Crippen LogP contribution in [-0.2, 0) is 20.9 Å². The van der Waals surface area contributed by atoms with Gasteiger partial charge in [0.15, 0.2) is 0 Å². The summed E-state index contributed by atoms with van der Waals surface area (Å²) in [5.74, 6) is -0.867. The zero-order valence-corrected chi connectivity index (χ0v) is 14.9. The summed E-state index contributed by atoms with van der Waals surface area (Å²) in [7, 11) is 0. The molecule has 2 amide bonds. The zero-order chi connectivity index (χ0) is 18.7. The van der Waals surface area contributed by atoms with Crippen LogP contribution in [0.4, 0.5) is 4.79 Å². The monoisotopic (exact) mass is 364 g/mol. The Morgan fingerprint density at radius 2 is 2.00 bits per heavy atom. The van der Waals surface area contributed by atoms with E-state index in [0.717, 1.165) is 5.69 Å². The summed E-state index contributed by atoms with van der Waals surface area (Å²) in [6.07, 6.45) is 2.71. The van der Waals surface area contributed by atoms with E-state index in [-0.39, 0.29) is 18.9 Å². The number of hydrogen-bond acceptors (Lipinski definition) is 5. The molecular weight excluding hydrogens is 340 g/mol. The van der Waals surface area contributed by atoms with Crippen molar-refractivity contribution in [3.63, 3.8) is 0 Å². The SMILES string of the molecule is Cc1ccnn1CCC(=O)N1CCC2(CC1)CN(CCC(=O)O)C(=O)O2. The lowest BCUT2D eigenvalue weighted by atomic mass is 9.91. The van der Waals surface area contributed by atoms with Crippen molar-refractivity contribution in [2.45, 2.75) is 44.8 Å². The fourth-order valence-electron chi connectivity index (χ4n) is 3.51. The lowest BCUT2D eigenvalue weighted by Gasteiger charge is -2.37. The Morgan fingerprint density at radius 3 is 2.62 bits per heavy atom. The highest BCUT2D eigenvalue weighted by molar-refractivity contribution is 5.76. The van der Waals surface area contributed by atoms with Gasteiger partial charge in [0.25, 0.3) is 0 Å². The van der Waals surface area contributed by atoms with E-state index in [2.05, 4.69) is 5.10 Å². The lowest BCUT2D eigenvalue weighted by molar-refractivity contribution is -0.137. The number of carbonyl (C=O) groups is 3. The Labute approximate surface area is 151 Å². The van der Waals surface area contributed by atoms with Crippen LogP contribution in [0.3, 0.4) is 0 Å². The summed E-state index contributed by atoms with van der Waals surface area (Å²) in [4.78, 5) is 38.3. The normalized spacial score (nSPS) is 19.0. The molecule has 9 heteroatoms. The number of nitrogens with zero attached hydrogens (tertiary/aromatic N) is 4. The fraction of sp³-hybridized carbons (Fsp3) is 0.647. The smallest absolute Gasteiger partial charge is 0.410 e. The van der Waals surface area contributed by atoms with Gasteiger partial charge < -0.3 is 19.6 Å². The molecule has 2 fully saturated rings. The van der Waals surface area contributed by atoms with E-state index in [1.165, 1.54) is 4.90 Å². The molecule has 3 rings (SSSR count). The van der Waals surface area contributed by atoms with E-state index in [1.807, 2.05) is 17.7 Å². The molecule has 9 nitrogen and oxygen atoms in total. The number of aromatic nitrogens is 2. The van der Waals surface area contributed by atoms with Gasteiger partial charge in [-0.05, 0) is 13.0 Å². The minimum Gasteiger partial charge on any atom is -0.481 e. The summed E-state index contributed by atoms with van der Waals surface area (Å²) in [6, 6.07) is 1.90. The van der Waals surface area contributed by atoms with E-state index in [4.69, 9.17) is 9.84 Å². The number of carboxylic acid groups (broad SMARTS) is 1. The van der Waals surface area contributed by atoms with Gasteiger partial charge in [0, 0.05) is 57.3 Å². The average Bonchev–Trinajstić information content (AvgIpc) is 3.14. The maximum absolute atomic E-state index is 12.4. The molecule has 2 saturated heterocycles. The number of aliphatic carboxylic acids is 1. The molecule has 0 atom stereocenters. The quantitative estimate of drug-likeness (QED) is 0.803. The molecule has 26 heavy (non-hydrogen) atoms. The number of amides is 2. The maximum atomic E-state index is 12.4. The number of likely N-dealkylation sites (tertiary alicyclic amines) is 1. The molecule has 1 N–H and O–H groups in total. The van der Waals surface area contributed by atoms with E-state index in [0.29, 0.717) is 45.4 Å². The lowest BCUT2D eigenvalue weighted by Crippen LogP contribution is -2.49. The molecule has 1 aromatic heterocycles. The number of piperidine rings is 1. The molecule has 0 aromatic carbocycles. The Bertz CT molecular complexity index is 693. The number of rotatable bonds is 6. The Balaban J connectivity index is 1.48. The van der Waals surface area contributed by atoms with Crippen LogP contribution in [0.25, 0.3) is 0 Å². The van der Waals surface area contributed by atoms with Gasteiger partial charge in [0.2, 0.25) is 5.91 Å². The third-order valence-corrected chi connectivity index (χ3v) is 5.13. The van der Waals surface area contributed by atoms with Crippen LogP contribution in [0.5, 0.6) is 0 Å². The standard InChI is InChI=1S/C17H24N4O5/c1-13-2-7-18-21(13)9-3-14(22)19-10-5-17(6-11-19)12-20(16(25)26-17)8-4-15(23)24/h2,7H,3-6,8-12H2,1H3,(H,23,24). The molecule has 0 unspecified atom stereocenters. The minimum atomic E-state index is -0.938. The van der Waals surface area contributed by atoms with Gasteiger partial charge in [-0.25, -0.2) is 4.79 Å². The van der Waals surface area contributed by atoms with Crippen molar-refractivity contribution in [1.29, 1.82) is 0 Å².